The second-order valence-electron chi connectivity index (χ2n) is 12.9. The number of rotatable bonds is 9. The molecule has 35 heavy (non-hydrogen) atoms. The van der Waals surface area contributed by atoms with E-state index < -0.39 is 0 Å². The molecule has 0 spiro atoms. The maximum absolute atomic E-state index is 13.9. The molecule has 0 radical (unpaired) electrons. The van der Waals surface area contributed by atoms with Gasteiger partial charge in [0.05, 0.1) is 0 Å². The molecule has 0 aromatic carbocycles. The van der Waals surface area contributed by atoms with Crippen LogP contribution in [0.15, 0.2) is 0 Å². The van der Waals surface area contributed by atoms with E-state index >= 15 is 0 Å². The summed E-state index contributed by atoms with van der Waals surface area (Å²) in [4.78, 5) is 40.9. The highest BCUT2D eigenvalue weighted by Gasteiger charge is 2.63. The number of fused-ring (bicyclic) bond motifs is 5. The minimum atomic E-state index is -0.229. The quantitative estimate of drug-likeness (QED) is 0.482. The molecule has 0 bridgehead atoms. The average molecular weight is 487 g/mol. The Kier molecular flexibility index (Phi) is 8.15. The van der Waals surface area contributed by atoms with Crippen LogP contribution in [-0.4, -0.2) is 48.6 Å². The van der Waals surface area contributed by atoms with Crippen LogP contribution in [-0.2, 0) is 14.4 Å². The van der Waals surface area contributed by atoms with Crippen LogP contribution in [0.5, 0.6) is 0 Å². The minimum Gasteiger partial charge on any atom is -0.355 e. The van der Waals surface area contributed by atoms with Gasteiger partial charge in [0.2, 0.25) is 5.91 Å². The molecule has 1 amide bonds. The molecular weight excluding hydrogens is 436 g/mol. The lowest BCUT2D eigenvalue weighted by Gasteiger charge is -2.59. The molecule has 4 aliphatic rings. The normalized spacial score (nSPS) is 39.7. The minimum absolute atomic E-state index is 0.150. The van der Waals surface area contributed by atoms with Crippen LogP contribution >= 0.6 is 0 Å². The highest BCUT2D eigenvalue weighted by atomic mass is 16.1. The van der Waals surface area contributed by atoms with Gasteiger partial charge in [0.15, 0.2) is 0 Å². The number of hydrogen-bond donors (Lipinski definition) is 1. The lowest BCUT2D eigenvalue weighted by atomic mass is 9.44. The van der Waals surface area contributed by atoms with Crippen LogP contribution in [0.4, 0.5) is 0 Å². The Morgan fingerprint density at radius 3 is 2.51 bits per heavy atom. The van der Waals surface area contributed by atoms with Crippen molar-refractivity contribution in [1.29, 1.82) is 0 Å². The fourth-order valence-corrected chi connectivity index (χ4v) is 9.24. The largest absolute Gasteiger partial charge is 0.355 e. The van der Waals surface area contributed by atoms with Crippen LogP contribution in [0.2, 0.25) is 0 Å². The van der Waals surface area contributed by atoms with E-state index in [1.54, 1.807) is 0 Å². The molecule has 4 aliphatic carbocycles. The summed E-state index contributed by atoms with van der Waals surface area (Å²) in [5, 5.41) is 3.10. The Hall–Kier alpha value is -1.23. The summed E-state index contributed by atoms with van der Waals surface area (Å²) in [7, 11) is 0. The van der Waals surface area contributed by atoms with Crippen molar-refractivity contribution < 1.29 is 14.4 Å². The molecule has 8 atom stereocenters. The molecule has 1 N–H and O–H groups in total. The van der Waals surface area contributed by atoms with Gasteiger partial charge in [-0.2, -0.15) is 0 Å². The Morgan fingerprint density at radius 2 is 1.80 bits per heavy atom. The van der Waals surface area contributed by atoms with Crippen molar-refractivity contribution in [2.24, 2.45) is 46.3 Å². The molecule has 0 unspecified atom stereocenters. The molecule has 4 rings (SSSR count). The van der Waals surface area contributed by atoms with Crippen molar-refractivity contribution in [2.75, 3.05) is 26.2 Å². The summed E-state index contributed by atoms with van der Waals surface area (Å²) in [6.07, 6.45) is 9.23. The molecule has 0 saturated heterocycles. The number of carbonyl (C=O) groups is 3. The number of nitrogens with one attached hydrogen (secondary N) is 1. The number of nitrogens with zero attached hydrogens (tertiary/aromatic N) is 1. The molecule has 5 nitrogen and oxygen atoms in total. The topological polar surface area (TPSA) is 66.5 Å². The van der Waals surface area contributed by atoms with Crippen molar-refractivity contribution in [3.05, 3.63) is 0 Å². The zero-order chi connectivity index (χ0) is 25.4. The number of carbonyl (C=O) groups excluding carboxylic acids is 3. The number of likely N-dealkylation sites (N-methyl/N-ethyl adjacent to an activating group) is 1. The van der Waals surface area contributed by atoms with Crippen molar-refractivity contribution >= 4 is 17.5 Å². The monoisotopic (exact) mass is 486 g/mol. The van der Waals surface area contributed by atoms with Crippen LogP contribution < -0.4 is 5.32 Å². The maximum Gasteiger partial charge on any atom is 0.220 e. The van der Waals surface area contributed by atoms with Gasteiger partial charge in [0.1, 0.15) is 11.6 Å². The zero-order valence-electron chi connectivity index (χ0n) is 23.0. The van der Waals surface area contributed by atoms with Crippen LogP contribution in [0, 0.1) is 46.3 Å². The smallest absolute Gasteiger partial charge is 0.220 e. The number of amides is 1. The van der Waals surface area contributed by atoms with E-state index in [1.807, 2.05) is 0 Å². The number of hydrogen-bond acceptors (Lipinski definition) is 4. The summed E-state index contributed by atoms with van der Waals surface area (Å²) in [6.45, 7) is 14.9. The lowest BCUT2D eigenvalue weighted by molar-refractivity contribution is -0.159. The van der Waals surface area contributed by atoms with Crippen molar-refractivity contribution in [2.45, 2.75) is 98.8 Å². The van der Waals surface area contributed by atoms with Gasteiger partial charge in [-0.1, -0.05) is 34.6 Å². The Labute approximate surface area is 213 Å². The van der Waals surface area contributed by atoms with E-state index in [0.29, 0.717) is 72.9 Å². The molecule has 0 heterocycles. The summed E-state index contributed by atoms with van der Waals surface area (Å²) in [6, 6.07) is 0. The van der Waals surface area contributed by atoms with Crippen LogP contribution in [0.1, 0.15) is 98.8 Å². The first-order valence-corrected chi connectivity index (χ1v) is 14.7. The third-order valence-electron chi connectivity index (χ3n) is 11.6. The summed E-state index contributed by atoms with van der Waals surface area (Å²) in [5.41, 5.74) is -0.0613. The van der Waals surface area contributed by atoms with E-state index in [0.717, 1.165) is 58.2 Å². The molecular formula is C30H50N2O3. The highest BCUT2D eigenvalue weighted by molar-refractivity contribution is 5.87. The van der Waals surface area contributed by atoms with Gasteiger partial charge in [0.25, 0.3) is 0 Å². The van der Waals surface area contributed by atoms with Gasteiger partial charge in [-0.3, -0.25) is 14.4 Å². The molecule has 5 heteroatoms. The summed E-state index contributed by atoms with van der Waals surface area (Å²) >= 11 is 0. The van der Waals surface area contributed by atoms with Gasteiger partial charge < -0.3 is 10.2 Å². The molecule has 0 aliphatic heterocycles. The van der Waals surface area contributed by atoms with E-state index in [2.05, 4.69) is 44.8 Å². The van der Waals surface area contributed by atoms with Gasteiger partial charge in [-0.25, -0.2) is 0 Å². The molecule has 198 valence electrons. The van der Waals surface area contributed by atoms with Crippen molar-refractivity contribution in [1.82, 2.24) is 10.2 Å². The van der Waals surface area contributed by atoms with Gasteiger partial charge in [-0.05, 0) is 92.5 Å². The second-order valence-corrected chi connectivity index (χ2v) is 12.9. The fraction of sp³-hybridized carbons (Fsp3) is 0.900. The summed E-state index contributed by atoms with van der Waals surface area (Å²) in [5.74, 6) is 3.92. The number of Topliss-reactive ketones (excluding diaryl/α,β-unsaturated/α-hetero) is 2. The van der Waals surface area contributed by atoms with E-state index in [4.69, 9.17) is 0 Å². The zero-order valence-corrected chi connectivity index (χ0v) is 23.0. The van der Waals surface area contributed by atoms with Gasteiger partial charge in [-0.15, -0.1) is 0 Å². The van der Waals surface area contributed by atoms with Crippen molar-refractivity contribution in [3.63, 3.8) is 0 Å². The molecule has 4 fully saturated rings. The molecule has 0 aromatic rings. The van der Waals surface area contributed by atoms with Crippen LogP contribution in [0.25, 0.3) is 0 Å². The summed E-state index contributed by atoms with van der Waals surface area (Å²) < 4.78 is 0. The fourth-order valence-electron chi connectivity index (χ4n) is 9.24. The van der Waals surface area contributed by atoms with Crippen LogP contribution in [0.3, 0.4) is 0 Å². The first-order valence-electron chi connectivity index (χ1n) is 14.7. The third-order valence-corrected chi connectivity index (χ3v) is 11.6. The number of ketones is 2. The van der Waals surface area contributed by atoms with Gasteiger partial charge >= 0.3 is 0 Å². The SMILES string of the molecule is CCN(CC)CCNC(=O)CC[C@@H](C)[C@H]1CC[C@H]2[C@@H]3CC[C@@H]4CC(=O)CC[C@]4(C)[C@H]3CC(=O)[C@]12C. The maximum atomic E-state index is 13.9. The Balaban J connectivity index is 1.37. The van der Waals surface area contributed by atoms with Crippen molar-refractivity contribution in [3.8, 4) is 0 Å². The lowest BCUT2D eigenvalue weighted by Crippen LogP contribution is -2.57. The first kappa shape index (κ1) is 26.8. The van der Waals surface area contributed by atoms with Gasteiger partial charge in [0, 0.05) is 44.2 Å². The highest BCUT2D eigenvalue weighted by Crippen LogP contribution is 2.67. The molecule has 4 saturated carbocycles. The average Bonchev–Trinajstić information content (AvgIpc) is 3.20. The Bertz CT molecular complexity index is 807. The van der Waals surface area contributed by atoms with E-state index in [-0.39, 0.29) is 16.7 Å². The standard InChI is InChI=1S/C30H50N2O3/c1-6-32(7-2)17-16-31-28(35)13-8-20(3)24-11-12-25-23-10-9-21-18-22(33)14-15-29(21,4)26(23)19-27(34)30(24,25)5/h20-21,23-26H,6-19H2,1-5H3,(H,31,35)/t20-,21-,23+,24-,25+,26+,29+,30-/m1/s1. The van der Waals surface area contributed by atoms with E-state index in [9.17, 15) is 14.4 Å². The second kappa shape index (κ2) is 10.6. The molecule has 0 aromatic heterocycles. The van der Waals surface area contributed by atoms with E-state index in [1.165, 1.54) is 6.42 Å². The predicted octanol–water partition coefficient (Wildman–Crippen LogP) is 5.27. The first-order chi connectivity index (χ1) is 16.6. The Morgan fingerprint density at radius 1 is 1.06 bits per heavy atom. The predicted molar refractivity (Wildman–Crippen MR) is 140 cm³/mol. The third kappa shape index (κ3) is 4.88.